The summed E-state index contributed by atoms with van der Waals surface area (Å²) in [4.78, 5) is 20.1. The monoisotopic (exact) mass is 215 g/mol. The van der Waals surface area contributed by atoms with Crippen LogP contribution < -0.4 is 57.1 Å². The van der Waals surface area contributed by atoms with E-state index in [9.17, 15) is 9.59 Å². The van der Waals surface area contributed by atoms with Crippen molar-refractivity contribution in [3.63, 3.8) is 0 Å². The molecule has 4 nitrogen and oxygen atoms in total. The van der Waals surface area contributed by atoms with Crippen LogP contribution >= 0.6 is 11.8 Å². The summed E-state index contributed by atoms with van der Waals surface area (Å²) >= 11 is 1.36. The number of carbonyl (C=O) groups excluding carboxylic acids is 2. The Morgan fingerprint density at radius 2 is 2.17 bits per heavy atom. The number of rotatable bonds is 5. The molecule has 0 aromatic rings. The van der Waals surface area contributed by atoms with Gasteiger partial charge in [-0.1, -0.05) is 6.92 Å². The predicted octanol–water partition coefficient (Wildman–Crippen LogP) is -2.33. The fourth-order valence-corrected chi connectivity index (χ4v) is 1.11. The van der Waals surface area contributed by atoms with Crippen molar-refractivity contribution in [2.45, 2.75) is 6.92 Å². The van der Waals surface area contributed by atoms with E-state index in [1.165, 1.54) is 11.8 Å². The second-order valence-corrected chi connectivity index (χ2v) is 3.03. The van der Waals surface area contributed by atoms with Gasteiger partial charge < -0.3 is 16.7 Å². The third-order valence-corrected chi connectivity index (χ3v) is 2.04. The predicted molar refractivity (Wildman–Crippen MR) is 46.7 cm³/mol. The SMILES string of the molecule is CC([C-]=O)CSCC(N)=O.[K+].[NH2-]. The van der Waals surface area contributed by atoms with E-state index < -0.39 is 0 Å². The summed E-state index contributed by atoms with van der Waals surface area (Å²) in [6.07, 6.45) is 1.82. The van der Waals surface area contributed by atoms with E-state index in [4.69, 9.17) is 5.73 Å². The van der Waals surface area contributed by atoms with Crippen LogP contribution in [0.15, 0.2) is 0 Å². The summed E-state index contributed by atoms with van der Waals surface area (Å²) in [6, 6.07) is 0. The topological polar surface area (TPSA) is 93.7 Å². The van der Waals surface area contributed by atoms with Gasteiger partial charge in [-0.3, -0.25) is 11.1 Å². The molecule has 0 rings (SSSR count). The summed E-state index contributed by atoms with van der Waals surface area (Å²) in [6.45, 7) is 1.75. The Bertz CT molecular complexity index is 135. The van der Waals surface area contributed by atoms with Gasteiger partial charge in [0.25, 0.3) is 0 Å². The van der Waals surface area contributed by atoms with E-state index in [2.05, 4.69) is 0 Å². The number of hydrogen-bond donors (Lipinski definition) is 1. The second-order valence-electron chi connectivity index (χ2n) is 2.00. The Hall–Kier alpha value is 1.09. The molecule has 12 heavy (non-hydrogen) atoms. The minimum atomic E-state index is -0.344. The van der Waals surface area contributed by atoms with Gasteiger partial charge >= 0.3 is 51.4 Å². The number of primary amides is 1. The molecule has 0 aromatic carbocycles. The molecule has 0 spiro atoms. The quantitative estimate of drug-likeness (QED) is 0.412. The maximum atomic E-state index is 10.2. The van der Waals surface area contributed by atoms with Gasteiger partial charge in [0.15, 0.2) is 0 Å². The first-order valence-corrected chi connectivity index (χ1v) is 4.06. The molecule has 0 aliphatic carbocycles. The molecular formula is C6H12KN2O2S-. The minimum Gasteiger partial charge on any atom is -0.693 e. The molecule has 0 heterocycles. The Balaban J connectivity index is -0.000000405. The van der Waals surface area contributed by atoms with Crippen molar-refractivity contribution in [2.24, 2.45) is 11.7 Å². The third-order valence-electron chi connectivity index (χ3n) is 0.813. The molecule has 0 aliphatic rings. The van der Waals surface area contributed by atoms with Crippen LogP contribution in [-0.2, 0) is 9.59 Å². The van der Waals surface area contributed by atoms with E-state index in [0.717, 1.165) is 0 Å². The molecule has 0 fully saturated rings. The van der Waals surface area contributed by atoms with Crippen molar-refractivity contribution >= 4 is 24.0 Å². The van der Waals surface area contributed by atoms with Crippen LogP contribution in [-0.4, -0.2) is 23.7 Å². The Labute approximate surface area is 119 Å². The number of amides is 1. The van der Waals surface area contributed by atoms with E-state index in [0.29, 0.717) is 5.75 Å². The molecule has 0 radical (unpaired) electrons. The average Bonchev–Trinajstić information content (AvgIpc) is 1.87. The Kier molecular flexibility index (Phi) is 18.9. The normalized spacial score (nSPS) is 10.4. The largest absolute Gasteiger partial charge is 1.00 e. The molecule has 4 N–H and O–H groups in total. The van der Waals surface area contributed by atoms with Gasteiger partial charge in [0, 0.05) is 0 Å². The molecule has 0 aromatic heterocycles. The van der Waals surface area contributed by atoms with Crippen molar-refractivity contribution in [3.8, 4) is 0 Å². The second kappa shape index (κ2) is 12.1. The third kappa shape index (κ3) is 13.7. The summed E-state index contributed by atoms with van der Waals surface area (Å²) in [5, 5.41) is 0. The smallest absolute Gasteiger partial charge is 0.693 e. The van der Waals surface area contributed by atoms with Crippen molar-refractivity contribution in [2.75, 3.05) is 11.5 Å². The summed E-state index contributed by atoms with van der Waals surface area (Å²) in [5.74, 6) is 0.450. The molecule has 6 heteroatoms. The van der Waals surface area contributed by atoms with Crippen LogP contribution in [0.1, 0.15) is 6.92 Å². The summed E-state index contributed by atoms with van der Waals surface area (Å²) < 4.78 is 0. The van der Waals surface area contributed by atoms with Crippen LogP contribution in [0.2, 0.25) is 0 Å². The molecule has 0 aliphatic heterocycles. The first-order valence-electron chi connectivity index (χ1n) is 2.90. The fraction of sp³-hybridized carbons (Fsp3) is 0.667. The molecule has 0 saturated heterocycles. The Morgan fingerprint density at radius 3 is 2.50 bits per heavy atom. The van der Waals surface area contributed by atoms with Crippen molar-refractivity contribution in [3.05, 3.63) is 6.15 Å². The maximum Gasteiger partial charge on any atom is 1.00 e. The number of hydrogen-bond acceptors (Lipinski definition) is 3. The van der Waals surface area contributed by atoms with Gasteiger partial charge in [0.2, 0.25) is 5.91 Å². The fourth-order valence-electron chi connectivity index (χ4n) is 0.370. The van der Waals surface area contributed by atoms with Crippen molar-refractivity contribution in [1.82, 2.24) is 0 Å². The van der Waals surface area contributed by atoms with Gasteiger partial charge in [0.05, 0.1) is 5.75 Å². The average molecular weight is 215 g/mol. The van der Waals surface area contributed by atoms with Crippen molar-refractivity contribution < 1.29 is 61.0 Å². The van der Waals surface area contributed by atoms with Gasteiger partial charge in [0.1, 0.15) is 0 Å². The van der Waals surface area contributed by atoms with Crippen LogP contribution in [0.3, 0.4) is 0 Å². The maximum absolute atomic E-state index is 10.2. The zero-order chi connectivity index (χ0) is 7.98. The molecule has 0 bridgehead atoms. The standard InChI is InChI=1S/C6H10NO2S.K.H2N/c1-5(2-8)3-10-4-6(7)9;;/h5H,3-4H2,1H3,(H2,7,9);;1H2/q-1;+1;-1. The molecule has 1 unspecified atom stereocenters. The van der Waals surface area contributed by atoms with Gasteiger partial charge in [-0.25, -0.2) is 0 Å². The van der Waals surface area contributed by atoms with E-state index >= 15 is 0 Å². The van der Waals surface area contributed by atoms with Crippen LogP contribution in [0.5, 0.6) is 0 Å². The molecule has 1 amide bonds. The van der Waals surface area contributed by atoms with E-state index in [1.807, 2.05) is 6.29 Å². The number of nitrogens with two attached hydrogens (primary N) is 2. The molecule has 1 atom stereocenters. The molecular weight excluding hydrogens is 203 g/mol. The number of carbonyl (C=O) groups is 1. The number of thioether (sulfide) groups is 1. The zero-order valence-electron chi connectivity index (χ0n) is 7.37. The first kappa shape index (κ1) is 18.8. The molecule has 66 valence electrons. The minimum absolute atomic E-state index is 0. The van der Waals surface area contributed by atoms with E-state index in [-0.39, 0.29) is 75.1 Å². The van der Waals surface area contributed by atoms with Crippen molar-refractivity contribution in [1.29, 1.82) is 0 Å². The van der Waals surface area contributed by atoms with Crippen LogP contribution in [0.4, 0.5) is 0 Å². The van der Waals surface area contributed by atoms with Crippen LogP contribution in [0, 0.1) is 5.92 Å². The van der Waals surface area contributed by atoms with Gasteiger partial charge in [-0.05, 0) is 5.75 Å². The summed E-state index contributed by atoms with van der Waals surface area (Å²) in [7, 11) is 0. The van der Waals surface area contributed by atoms with E-state index in [1.54, 1.807) is 6.92 Å². The first-order chi connectivity index (χ1) is 4.66. The van der Waals surface area contributed by atoms with Crippen LogP contribution in [0.25, 0.3) is 6.15 Å². The van der Waals surface area contributed by atoms with Gasteiger partial charge in [-0.15, -0.1) is 5.92 Å². The molecule has 0 saturated carbocycles. The zero-order valence-corrected chi connectivity index (χ0v) is 11.3. The van der Waals surface area contributed by atoms with Gasteiger partial charge in [-0.2, -0.15) is 11.8 Å². The Morgan fingerprint density at radius 1 is 1.67 bits per heavy atom. The summed E-state index contributed by atoms with van der Waals surface area (Å²) in [5.41, 5.74) is 4.86.